The Hall–Kier alpha value is -4.19. The van der Waals surface area contributed by atoms with Crippen LogP contribution < -0.4 is 0 Å². The van der Waals surface area contributed by atoms with Gasteiger partial charge in [-0.2, -0.15) is 0 Å². The number of ether oxygens (including phenoxy) is 3. The Morgan fingerprint density at radius 3 is 1.13 bits per heavy atom. The molecule has 0 spiro atoms. The molecule has 0 saturated carbocycles. The van der Waals surface area contributed by atoms with Gasteiger partial charge in [0, 0.05) is 19.3 Å². The van der Waals surface area contributed by atoms with Crippen LogP contribution in [0.1, 0.15) is 181 Å². The van der Waals surface area contributed by atoms with Crippen molar-refractivity contribution in [3.63, 3.8) is 0 Å². The number of rotatable bonds is 40. The molecule has 0 aliphatic carbocycles. The number of esters is 3. The molecule has 0 bridgehead atoms. The first-order chi connectivity index (χ1) is 29.5. The Balaban J connectivity index is 4.54. The Labute approximate surface area is 367 Å². The van der Waals surface area contributed by atoms with E-state index in [-0.39, 0.29) is 31.1 Å². The molecule has 0 rings (SSSR count). The first kappa shape index (κ1) is 55.8. The van der Waals surface area contributed by atoms with E-state index in [1.807, 2.05) is 54.7 Å². The third-order valence-corrected chi connectivity index (χ3v) is 9.38. The summed E-state index contributed by atoms with van der Waals surface area (Å²) in [4.78, 5) is 37.9. The highest BCUT2D eigenvalue weighted by Crippen LogP contribution is 2.13. The lowest BCUT2D eigenvalue weighted by Crippen LogP contribution is -2.30. The number of unbranched alkanes of at least 4 members (excludes halogenated alkanes) is 15. The van der Waals surface area contributed by atoms with Crippen molar-refractivity contribution in [2.45, 2.75) is 187 Å². The molecule has 0 saturated heterocycles. The molecule has 0 N–H and O–H groups in total. The first-order valence-electron chi connectivity index (χ1n) is 23.6. The van der Waals surface area contributed by atoms with Crippen molar-refractivity contribution in [2.75, 3.05) is 13.2 Å². The molecule has 0 aromatic heterocycles. The summed E-state index contributed by atoms with van der Waals surface area (Å²) < 4.78 is 16.7. The molecule has 1 unspecified atom stereocenters. The van der Waals surface area contributed by atoms with E-state index >= 15 is 0 Å². The molecule has 0 aliphatic rings. The van der Waals surface area contributed by atoms with Crippen molar-refractivity contribution in [3.05, 3.63) is 122 Å². The van der Waals surface area contributed by atoms with E-state index < -0.39 is 6.10 Å². The summed E-state index contributed by atoms with van der Waals surface area (Å²) in [5, 5.41) is 0. The van der Waals surface area contributed by atoms with Crippen LogP contribution in [0.2, 0.25) is 0 Å². The molecule has 0 heterocycles. The SMILES string of the molecule is CC/C=C/C=C/C=C/C=C/C=C/CCCCCC(=O)OCC(COC(=O)CCCCCCC/C=C/C=C/C=C/CC)OC(=O)CCCCCCCCC/C=C/C/C=C/CC. The van der Waals surface area contributed by atoms with Crippen molar-refractivity contribution in [1.29, 1.82) is 0 Å². The lowest BCUT2D eigenvalue weighted by molar-refractivity contribution is -0.167. The van der Waals surface area contributed by atoms with Gasteiger partial charge in [0.25, 0.3) is 0 Å². The molecule has 60 heavy (non-hydrogen) atoms. The Morgan fingerprint density at radius 2 is 0.683 bits per heavy atom. The van der Waals surface area contributed by atoms with Gasteiger partial charge < -0.3 is 14.2 Å². The van der Waals surface area contributed by atoms with Crippen LogP contribution in [0.15, 0.2) is 122 Å². The van der Waals surface area contributed by atoms with E-state index in [0.29, 0.717) is 19.3 Å². The first-order valence-corrected chi connectivity index (χ1v) is 23.6. The number of hydrogen-bond acceptors (Lipinski definition) is 6. The lowest BCUT2D eigenvalue weighted by atomic mass is 10.1. The minimum atomic E-state index is -0.811. The van der Waals surface area contributed by atoms with Crippen LogP contribution in [0, 0.1) is 0 Å². The van der Waals surface area contributed by atoms with E-state index in [4.69, 9.17) is 14.2 Å². The molecule has 0 aliphatic heterocycles. The maximum absolute atomic E-state index is 12.8. The summed E-state index contributed by atoms with van der Waals surface area (Å²) in [6.07, 6.45) is 64.6. The predicted molar refractivity (Wildman–Crippen MR) is 256 cm³/mol. The Morgan fingerprint density at radius 1 is 0.350 bits per heavy atom. The van der Waals surface area contributed by atoms with E-state index in [1.54, 1.807) is 0 Å². The second kappa shape index (κ2) is 47.5. The molecule has 0 amide bonds. The van der Waals surface area contributed by atoms with Gasteiger partial charge in [-0.15, -0.1) is 0 Å². The minimum Gasteiger partial charge on any atom is -0.462 e. The minimum absolute atomic E-state index is 0.110. The molecule has 0 fully saturated rings. The van der Waals surface area contributed by atoms with Crippen LogP contribution in [0.4, 0.5) is 0 Å². The highest BCUT2D eigenvalue weighted by molar-refractivity contribution is 5.71. The fourth-order valence-electron chi connectivity index (χ4n) is 5.91. The van der Waals surface area contributed by atoms with Crippen LogP contribution in [0.3, 0.4) is 0 Å². The standard InChI is InChI=1S/C54H84O6/c1-4-7-10-13-16-19-22-25-27-30-32-35-38-41-44-47-53(56)59-50-51(49-58-52(55)46-43-40-37-34-31-28-24-21-18-15-12-9-6-3)60-54(57)48-45-42-39-36-33-29-26-23-20-17-14-11-8-5-2/h7-13,15-22,24-25,27,30,32,51H,4-6,14,23,26,28-29,31,33-50H2,1-3H3/b10-7+,11-8+,12-9+,16-13+,18-15+,20-17+,22-19+,24-21+,27-25+,32-30+. The van der Waals surface area contributed by atoms with Gasteiger partial charge in [-0.25, -0.2) is 0 Å². The molecule has 0 radical (unpaired) electrons. The van der Waals surface area contributed by atoms with Gasteiger partial charge in [0.2, 0.25) is 0 Å². The fourth-order valence-corrected chi connectivity index (χ4v) is 5.91. The summed E-state index contributed by atoms with van der Waals surface area (Å²) in [7, 11) is 0. The third kappa shape index (κ3) is 44.9. The summed E-state index contributed by atoms with van der Waals surface area (Å²) in [5.41, 5.74) is 0. The molecule has 336 valence electrons. The van der Waals surface area contributed by atoms with E-state index in [0.717, 1.165) is 116 Å². The van der Waals surface area contributed by atoms with Crippen molar-refractivity contribution >= 4 is 17.9 Å². The van der Waals surface area contributed by atoms with E-state index in [2.05, 4.69) is 87.6 Å². The second-order valence-corrected chi connectivity index (χ2v) is 15.1. The summed E-state index contributed by atoms with van der Waals surface area (Å²) >= 11 is 0. The lowest BCUT2D eigenvalue weighted by Gasteiger charge is -2.18. The Bertz CT molecular complexity index is 1320. The largest absolute Gasteiger partial charge is 0.462 e. The molecular formula is C54H84O6. The van der Waals surface area contributed by atoms with Crippen molar-refractivity contribution < 1.29 is 28.6 Å². The fraction of sp³-hybridized carbons (Fsp3) is 0.574. The molecule has 6 nitrogen and oxygen atoms in total. The molecule has 0 aromatic rings. The highest BCUT2D eigenvalue weighted by atomic mass is 16.6. The van der Waals surface area contributed by atoms with Crippen molar-refractivity contribution in [3.8, 4) is 0 Å². The van der Waals surface area contributed by atoms with Crippen LogP contribution in [-0.2, 0) is 28.6 Å². The molecular weight excluding hydrogens is 745 g/mol. The topological polar surface area (TPSA) is 78.9 Å². The maximum Gasteiger partial charge on any atom is 0.306 e. The molecule has 1 atom stereocenters. The van der Waals surface area contributed by atoms with Gasteiger partial charge in [0.1, 0.15) is 13.2 Å². The van der Waals surface area contributed by atoms with Gasteiger partial charge in [0.15, 0.2) is 6.10 Å². The van der Waals surface area contributed by atoms with Crippen LogP contribution >= 0.6 is 0 Å². The summed E-state index contributed by atoms with van der Waals surface area (Å²) in [5.74, 6) is -0.992. The second-order valence-electron chi connectivity index (χ2n) is 15.1. The third-order valence-electron chi connectivity index (χ3n) is 9.38. The Kier molecular flexibility index (Phi) is 44.2. The van der Waals surface area contributed by atoms with Gasteiger partial charge in [-0.05, 0) is 83.5 Å². The average molecular weight is 829 g/mol. The number of carbonyl (C=O) groups is 3. The maximum atomic E-state index is 12.8. The number of allylic oxidation sites excluding steroid dienone is 20. The molecule has 0 aromatic carbocycles. The summed E-state index contributed by atoms with van der Waals surface area (Å²) in [6, 6.07) is 0. The van der Waals surface area contributed by atoms with E-state index in [9.17, 15) is 14.4 Å². The monoisotopic (exact) mass is 829 g/mol. The zero-order valence-corrected chi connectivity index (χ0v) is 38.2. The van der Waals surface area contributed by atoms with Gasteiger partial charge in [0.05, 0.1) is 0 Å². The van der Waals surface area contributed by atoms with Crippen LogP contribution in [0.25, 0.3) is 0 Å². The van der Waals surface area contributed by atoms with Crippen molar-refractivity contribution in [2.24, 2.45) is 0 Å². The quantitative estimate of drug-likeness (QED) is 0.0201. The smallest absolute Gasteiger partial charge is 0.306 e. The highest BCUT2D eigenvalue weighted by Gasteiger charge is 2.19. The number of hydrogen-bond donors (Lipinski definition) is 0. The summed E-state index contributed by atoms with van der Waals surface area (Å²) in [6.45, 7) is 6.16. The normalized spacial score (nSPS) is 13.2. The van der Waals surface area contributed by atoms with Gasteiger partial charge in [-0.1, -0.05) is 200 Å². The zero-order valence-electron chi connectivity index (χ0n) is 38.2. The van der Waals surface area contributed by atoms with Gasteiger partial charge >= 0.3 is 17.9 Å². The number of carbonyl (C=O) groups excluding carboxylic acids is 3. The molecule has 6 heteroatoms. The van der Waals surface area contributed by atoms with Crippen LogP contribution in [-0.4, -0.2) is 37.2 Å². The average Bonchev–Trinajstić information content (AvgIpc) is 3.24. The predicted octanol–water partition coefficient (Wildman–Crippen LogP) is 15.4. The van der Waals surface area contributed by atoms with Crippen LogP contribution in [0.5, 0.6) is 0 Å². The van der Waals surface area contributed by atoms with E-state index in [1.165, 1.54) is 25.7 Å². The van der Waals surface area contributed by atoms with Gasteiger partial charge in [-0.3, -0.25) is 14.4 Å². The van der Waals surface area contributed by atoms with Crippen molar-refractivity contribution in [1.82, 2.24) is 0 Å². The zero-order chi connectivity index (χ0) is 43.7.